The molecule has 0 amide bonds. The molecule has 2 nitrogen and oxygen atoms in total. The van der Waals surface area contributed by atoms with Crippen LogP contribution in [-0.4, -0.2) is 13.1 Å². The molecule has 0 aliphatic heterocycles. The van der Waals surface area contributed by atoms with E-state index in [4.69, 9.17) is 5.73 Å². The molecule has 0 heterocycles. The predicted molar refractivity (Wildman–Crippen MR) is 70.7 cm³/mol. The van der Waals surface area contributed by atoms with Gasteiger partial charge in [0.05, 0.1) is 0 Å². The highest BCUT2D eigenvalue weighted by molar-refractivity contribution is 5.34. The summed E-state index contributed by atoms with van der Waals surface area (Å²) >= 11 is 0. The summed E-state index contributed by atoms with van der Waals surface area (Å²) in [6.07, 6.45) is 0. The zero-order chi connectivity index (χ0) is 12.1. The number of benzene rings is 1. The summed E-state index contributed by atoms with van der Waals surface area (Å²) in [6, 6.07) is 6.72. The molecular formula is C14H24N2. The van der Waals surface area contributed by atoms with Gasteiger partial charge in [0.15, 0.2) is 0 Å². The van der Waals surface area contributed by atoms with E-state index in [2.05, 4.69) is 51.2 Å². The molecule has 0 aliphatic rings. The van der Waals surface area contributed by atoms with Gasteiger partial charge < -0.3 is 11.1 Å². The number of nitrogens with one attached hydrogen (secondary N) is 1. The van der Waals surface area contributed by atoms with Crippen LogP contribution >= 0.6 is 0 Å². The number of aryl methyl sites for hydroxylation is 1. The van der Waals surface area contributed by atoms with Gasteiger partial charge >= 0.3 is 0 Å². The number of nitrogens with two attached hydrogens (primary N) is 1. The molecule has 0 saturated heterocycles. The van der Waals surface area contributed by atoms with Crippen LogP contribution in [0, 0.1) is 6.92 Å². The molecule has 0 bridgehead atoms. The Balaban J connectivity index is 2.88. The minimum Gasteiger partial charge on any atom is -0.323 e. The predicted octanol–water partition coefficient (Wildman–Crippen LogP) is 2.73. The summed E-state index contributed by atoms with van der Waals surface area (Å²) in [7, 11) is 0. The van der Waals surface area contributed by atoms with Gasteiger partial charge in [-0.25, -0.2) is 0 Å². The first-order valence-corrected chi connectivity index (χ1v) is 6.13. The van der Waals surface area contributed by atoms with Gasteiger partial charge in [0.1, 0.15) is 0 Å². The SMILES string of the molecule is CCNCC(N)c1cc(C(C)C)ccc1C. The monoisotopic (exact) mass is 220 g/mol. The maximum atomic E-state index is 6.19. The lowest BCUT2D eigenvalue weighted by Gasteiger charge is -2.17. The highest BCUT2D eigenvalue weighted by atomic mass is 14.9. The fraction of sp³-hybridized carbons (Fsp3) is 0.571. The standard InChI is InChI=1S/C14H24N2/c1-5-16-9-14(15)13-8-12(10(2)3)7-6-11(13)4/h6-8,10,14,16H,5,9,15H2,1-4H3. The molecule has 2 heteroatoms. The molecule has 0 saturated carbocycles. The molecule has 0 fully saturated rings. The summed E-state index contributed by atoms with van der Waals surface area (Å²) in [4.78, 5) is 0. The van der Waals surface area contributed by atoms with Crippen molar-refractivity contribution in [2.45, 2.75) is 39.7 Å². The van der Waals surface area contributed by atoms with E-state index in [9.17, 15) is 0 Å². The summed E-state index contributed by atoms with van der Waals surface area (Å²) < 4.78 is 0. The van der Waals surface area contributed by atoms with Crippen molar-refractivity contribution >= 4 is 0 Å². The van der Waals surface area contributed by atoms with Gasteiger partial charge in [-0.15, -0.1) is 0 Å². The molecule has 90 valence electrons. The van der Waals surface area contributed by atoms with Crippen LogP contribution in [0.2, 0.25) is 0 Å². The molecular weight excluding hydrogens is 196 g/mol. The molecule has 1 rings (SSSR count). The van der Waals surface area contributed by atoms with E-state index in [0.29, 0.717) is 5.92 Å². The zero-order valence-electron chi connectivity index (χ0n) is 10.9. The van der Waals surface area contributed by atoms with Gasteiger partial charge in [0, 0.05) is 12.6 Å². The van der Waals surface area contributed by atoms with E-state index in [0.717, 1.165) is 13.1 Å². The fourth-order valence-corrected chi connectivity index (χ4v) is 1.83. The Hall–Kier alpha value is -0.860. The first-order chi connectivity index (χ1) is 7.56. The summed E-state index contributed by atoms with van der Waals surface area (Å²) in [5.74, 6) is 0.561. The number of rotatable bonds is 5. The Morgan fingerprint density at radius 2 is 2.00 bits per heavy atom. The summed E-state index contributed by atoms with van der Waals surface area (Å²) in [5.41, 5.74) is 10.1. The Labute approximate surface area is 99.2 Å². The normalized spacial score (nSPS) is 13.1. The van der Waals surface area contributed by atoms with E-state index in [-0.39, 0.29) is 6.04 Å². The Morgan fingerprint density at radius 1 is 1.31 bits per heavy atom. The van der Waals surface area contributed by atoms with E-state index in [1.165, 1.54) is 16.7 Å². The van der Waals surface area contributed by atoms with Crippen LogP contribution in [0.25, 0.3) is 0 Å². The van der Waals surface area contributed by atoms with Crippen LogP contribution in [0.3, 0.4) is 0 Å². The van der Waals surface area contributed by atoms with E-state index in [1.54, 1.807) is 0 Å². The topological polar surface area (TPSA) is 38.0 Å². The fourth-order valence-electron chi connectivity index (χ4n) is 1.83. The van der Waals surface area contributed by atoms with Crippen LogP contribution < -0.4 is 11.1 Å². The first kappa shape index (κ1) is 13.2. The van der Waals surface area contributed by atoms with Gasteiger partial charge in [-0.2, -0.15) is 0 Å². The molecule has 1 aromatic rings. The van der Waals surface area contributed by atoms with Crippen molar-refractivity contribution in [3.05, 3.63) is 34.9 Å². The van der Waals surface area contributed by atoms with Crippen LogP contribution in [-0.2, 0) is 0 Å². The van der Waals surface area contributed by atoms with Crippen molar-refractivity contribution in [3.63, 3.8) is 0 Å². The Morgan fingerprint density at radius 3 is 2.56 bits per heavy atom. The van der Waals surface area contributed by atoms with Crippen LogP contribution in [0.15, 0.2) is 18.2 Å². The second-order valence-electron chi connectivity index (χ2n) is 4.68. The summed E-state index contributed by atoms with van der Waals surface area (Å²) in [5, 5.41) is 3.30. The lowest BCUT2D eigenvalue weighted by molar-refractivity contribution is 0.612. The number of likely N-dealkylation sites (N-methyl/N-ethyl adjacent to an activating group) is 1. The minimum absolute atomic E-state index is 0.0960. The highest BCUT2D eigenvalue weighted by Gasteiger charge is 2.10. The number of hydrogen-bond donors (Lipinski definition) is 2. The molecule has 0 spiro atoms. The molecule has 0 aliphatic carbocycles. The molecule has 3 N–H and O–H groups in total. The molecule has 1 unspecified atom stereocenters. The van der Waals surface area contributed by atoms with E-state index in [1.807, 2.05) is 0 Å². The largest absolute Gasteiger partial charge is 0.323 e. The Kier molecular flexibility index (Phi) is 4.97. The summed E-state index contributed by atoms with van der Waals surface area (Å²) in [6.45, 7) is 10.5. The molecule has 0 aromatic heterocycles. The minimum atomic E-state index is 0.0960. The second kappa shape index (κ2) is 6.02. The maximum absolute atomic E-state index is 6.19. The molecule has 0 radical (unpaired) electrons. The van der Waals surface area contributed by atoms with Gasteiger partial charge in [-0.05, 0) is 36.1 Å². The van der Waals surface area contributed by atoms with Gasteiger partial charge in [-0.3, -0.25) is 0 Å². The van der Waals surface area contributed by atoms with Crippen molar-refractivity contribution in [1.82, 2.24) is 5.32 Å². The first-order valence-electron chi connectivity index (χ1n) is 6.13. The quantitative estimate of drug-likeness (QED) is 0.800. The highest BCUT2D eigenvalue weighted by Crippen LogP contribution is 2.22. The third-order valence-electron chi connectivity index (χ3n) is 2.98. The smallest absolute Gasteiger partial charge is 0.0424 e. The zero-order valence-corrected chi connectivity index (χ0v) is 10.9. The van der Waals surface area contributed by atoms with Gasteiger partial charge in [0.2, 0.25) is 0 Å². The van der Waals surface area contributed by atoms with E-state index >= 15 is 0 Å². The lowest BCUT2D eigenvalue weighted by atomic mass is 9.94. The van der Waals surface area contributed by atoms with Crippen molar-refractivity contribution in [2.75, 3.05) is 13.1 Å². The lowest BCUT2D eigenvalue weighted by Crippen LogP contribution is -2.27. The van der Waals surface area contributed by atoms with Crippen molar-refractivity contribution in [3.8, 4) is 0 Å². The molecule has 1 atom stereocenters. The molecule has 16 heavy (non-hydrogen) atoms. The van der Waals surface area contributed by atoms with E-state index < -0.39 is 0 Å². The molecule has 1 aromatic carbocycles. The maximum Gasteiger partial charge on any atom is 0.0424 e. The van der Waals surface area contributed by atoms with Crippen molar-refractivity contribution in [1.29, 1.82) is 0 Å². The number of hydrogen-bond acceptors (Lipinski definition) is 2. The van der Waals surface area contributed by atoms with Crippen molar-refractivity contribution in [2.24, 2.45) is 5.73 Å². The Bertz CT molecular complexity index is 332. The van der Waals surface area contributed by atoms with Crippen LogP contribution in [0.4, 0.5) is 0 Å². The third-order valence-corrected chi connectivity index (χ3v) is 2.98. The van der Waals surface area contributed by atoms with Crippen LogP contribution in [0.1, 0.15) is 49.4 Å². The van der Waals surface area contributed by atoms with Crippen molar-refractivity contribution < 1.29 is 0 Å². The third kappa shape index (κ3) is 3.32. The average molecular weight is 220 g/mol. The second-order valence-corrected chi connectivity index (χ2v) is 4.68. The average Bonchev–Trinajstić information content (AvgIpc) is 2.26. The van der Waals surface area contributed by atoms with Crippen LogP contribution in [0.5, 0.6) is 0 Å². The van der Waals surface area contributed by atoms with Gasteiger partial charge in [0.25, 0.3) is 0 Å². The van der Waals surface area contributed by atoms with Gasteiger partial charge in [-0.1, -0.05) is 39.0 Å².